The van der Waals surface area contributed by atoms with Crippen molar-refractivity contribution in [2.24, 2.45) is 0 Å². The third kappa shape index (κ3) is 2.42. The predicted molar refractivity (Wildman–Crippen MR) is 79.6 cm³/mol. The van der Waals surface area contributed by atoms with Crippen molar-refractivity contribution in [1.29, 1.82) is 0 Å². The summed E-state index contributed by atoms with van der Waals surface area (Å²) in [5, 5.41) is 0.738. The molecule has 2 aromatic rings. The number of H-pyrrole nitrogens is 1. The van der Waals surface area contributed by atoms with Crippen LogP contribution in [0.4, 0.5) is 4.39 Å². The Morgan fingerprint density at radius 3 is 2.70 bits per heavy atom. The number of rotatable bonds is 4. The molecule has 1 heterocycles. The zero-order valence-corrected chi connectivity index (χ0v) is 12.5. The van der Waals surface area contributed by atoms with Gasteiger partial charge < -0.3 is 9.88 Å². The zero-order valence-electron chi connectivity index (χ0n) is 12.5. The number of hydrogen-bond donors (Lipinski definition) is 1. The van der Waals surface area contributed by atoms with E-state index in [2.05, 4.69) is 4.98 Å². The largest absolute Gasteiger partial charge is 0.348 e. The number of hydrogen-bond acceptors (Lipinski definition) is 1. The standard InChI is InChI=1S/C16H21FN2O/c1-5-10(3)12-8-7-11-9-13(16(20)19(4)6-2)18-15(11)14(12)17/h7-10,18H,5-6H2,1-4H3. The lowest BCUT2D eigenvalue weighted by Crippen LogP contribution is -2.26. The van der Waals surface area contributed by atoms with Gasteiger partial charge in [0.1, 0.15) is 5.69 Å². The van der Waals surface area contributed by atoms with Crippen LogP contribution in [-0.4, -0.2) is 29.4 Å². The first-order valence-electron chi connectivity index (χ1n) is 7.06. The highest BCUT2D eigenvalue weighted by Crippen LogP contribution is 2.28. The second kappa shape index (κ2) is 5.65. The Hall–Kier alpha value is -1.84. The van der Waals surface area contributed by atoms with Crippen LogP contribution in [0, 0.1) is 5.82 Å². The van der Waals surface area contributed by atoms with Crippen molar-refractivity contribution >= 4 is 16.8 Å². The maximum atomic E-state index is 14.5. The van der Waals surface area contributed by atoms with Crippen LogP contribution in [0.5, 0.6) is 0 Å². The summed E-state index contributed by atoms with van der Waals surface area (Å²) in [6.45, 7) is 6.56. The van der Waals surface area contributed by atoms with Crippen LogP contribution in [0.3, 0.4) is 0 Å². The number of nitrogens with one attached hydrogen (secondary N) is 1. The Labute approximate surface area is 118 Å². The van der Waals surface area contributed by atoms with Gasteiger partial charge in [-0.2, -0.15) is 0 Å². The van der Waals surface area contributed by atoms with Crippen LogP contribution < -0.4 is 0 Å². The summed E-state index contributed by atoms with van der Waals surface area (Å²) in [6, 6.07) is 5.41. The van der Waals surface area contributed by atoms with Crippen LogP contribution >= 0.6 is 0 Å². The van der Waals surface area contributed by atoms with Gasteiger partial charge in [0.2, 0.25) is 0 Å². The van der Waals surface area contributed by atoms with Gasteiger partial charge in [-0.05, 0) is 30.9 Å². The first kappa shape index (κ1) is 14.6. The van der Waals surface area contributed by atoms with E-state index in [1.54, 1.807) is 18.0 Å². The summed E-state index contributed by atoms with van der Waals surface area (Å²) >= 11 is 0. The molecule has 2 rings (SSSR count). The van der Waals surface area contributed by atoms with Gasteiger partial charge in [-0.15, -0.1) is 0 Å². The molecular weight excluding hydrogens is 255 g/mol. The van der Waals surface area contributed by atoms with Crippen molar-refractivity contribution in [2.45, 2.75) is 33.1 Å². The molecule has 0 aliphatic heterocycles. The van der Waals surface area contributed by atoms with Crippen molar-refractivity contribution in [3.8, 4) is 0 Å². The molecule has 0 aliphatic rings. The second-order valence-electron chi connectivity index (χ2n) is 5.24. The van der Waals surface area contributed by atoms with Crippen molar-refractivity contribution in [2.75, 3.05) is 13.6 Å². The lowest BCUT2D eigenvalue weighted by molar-refractivity contribution is 0.0797. The second-order valence-corrected chi connectivity index (χ2v) is 5.24. The molecule has 4 heteroatoms. The molecule has 0 saturated carbocycles. The number of carbonyl (C=O) groups is 1. The van der Waals surface area contributed by atoms with Gasteiger partial charge in [-0.25, -0.2) is 4.39 Å². The van der Waals surface area contributed by atoms with Crippen LogP contribution in [0.25, 0.3) is 10.9 Å². The van der Waals surface area contributed by atoms with Crippen molar-refractivity contribution < 1.29 is 9.18 Å². The van der Waals surface area contributed by atoms with E-state index >= 15 is 0 Å². The van der Waals surface area contributed by atoms with Gasteiger partial charge in [0.25, 0.3) is 5.91 Å². The molecule has 3 nitrogen and oxygen atoms in total. The number of halogens is 1. The van der Waals surface area contributed by atoms with Crippen molar-refractivity contribution in [3.63, 3.8) is 0 Å². The number of carbonyl (C=O) groups excluding carboxylic acids is 1. The topological polar surface area (TPSA) is 36.1 Å². The van der Waals surface area contributed by atoms with E-state index in [0.717, 1.165) is 11.8 Å². The minimum Gasteiger partial charge on any atom is -0.348 e. The van der Waals surface area contributed by atoms with Gasteiger partial charge in [0.05, 0.1) is 5.52 Å². The summed E-state index contributed by atoms with van der Waals surface area (Å²) in [5.74, 6) is -0.191. The van der Waals surface area contributed by atoms with Crippen LogP contribution in [0.2, 0.25) is 0 Å². The Morgan fingerprint density at radius 1 is 1.40 bits per heavy atom. The molecule has 108 valence electrons. The van der Waals surface area contributed by atoms with Crippen molar-refractivity contribution in [3.05, 3.63) is 35.3 Å². The quantitative estimate of drug-likeness (QED) is 0.903. The number of aromatic nitrogens is 1. The third-order valence-corrected chi connectivity index (χ3v) is 3.96. The van der Waals surface area contributed by atoms with Gasteiger partial charge in [0.15, 0.2) is 5.82 Å². The number of nitrogens with zero attached hydrogens (tertiary/aromatic N) is 1. The number of aromatic amines is 1. The maximum Gasteiger partial charge on any atom is 0.270 e. The molecule has 0 radical (unpaired) electrons. The van der Waals surface area contributed by atoms with Gasteiger partial charge in [0, 0.05) is 19.0 Å². The van der Waals surface area contributed by atoms with E-state index in [1.165, 1.54) is 0 Å². The summed E-state index contributed by atoms with van der Waals surface area (Å²) in [4.78, 5) is 16.6. The molecule has 0 aliphatic carbocycles. The van der Waals surface area contributed by atoms with Crippen LogP contribution in [-0.2, 0) is 0 Å². The Bertz CT molecular complexity index is 633. The molecule has 1 amide bonds. The Kier molecular flexibility index (Phi) is 4.12. The maximum absolute atomic E-state index is 14.5. The summed E-state index contributed by atoms with van der Waals surface area (Å²) < 4.78 is 14.5. The Balaban J connectivity index is 2.49. The minimum absolute atomic E-state index is 0.117. The molecule has 1 aromatic heterocycles. The molecule has 1 atom stereocenters. The minimum atomic E-state index is -0.241. The zero-order chi connectivity index (χ0) is 14.9. The Morgan fingerprint density at radius 2 is 2.10 bits per heavy atom. The SMILES string of the molecule is CCC(C)c1ccc2cc(C(=O)N(C)CC)[nH]c2c1F. The van der Waals surface area contributed by atoms with E-state index in [4.69, 9.17) is 0 Å². The van der Waals surface area contributed by atoms with E-state index in [1.807, 2.05) is 32.9 Å². The molecule has 1 unspecified atom stereocenters. The smallest absolute Gasteiger partial charge is 0.270 e. The molecule has 0 bridgehead atoms. The van der Waals surface area contributed by atoms with Crippen molar-refractivity contribution in [1.82, 2.24) is 9.88 Å². The monoisotopic (exact) mass is 276 g/mol. The fraction of sp³-hybridized carbons (Fsp3) is 0.438. The average Bonchev–Trinajstić information content (AvgIpc) is 2.90. The predicted octanol–water partition coefficient (Wildman–Crippen LogP) is 3.91. The fourth-order valence-electron chi connectivity index (χ4n) is 2.25. The highest BCUT2D eigenvalue weighted by Gasteiger charge is 2.17. The number of amides is 1. The molecule has 1 N–H and O–H groups in total. The molecule has 0 spiro atoms. The first-order chi connectivity index (χ1) is 9.49. The molecule has 0 fully saturated rings. The van der Waals surface area contributed by atoms with Crippen LogP contribution in [0.15, 0.2) is 18.2 Å². The highest BCUT2D eigenvalue weighted by molar-refractivity contribution is 5.98. The molecular formula is C16H21FN2O. The average molecular weight is 276 g/mol. The van der Waals surface area contributed by atoms with Gasteiger partial charge >= 0.3 is 0 Å². The summed E-state index contributed by atoms with van der Waals surface area (Å²) in [7, 11) is 1.73. The summed E-state index contributed by atoms with van der Waals surface area (Å²) in [6.07, 6.45) is 0.882. The number of benzene rings is 1. The van der Waals surface area contributed by atoms with Crippen LogP contribution in [0.1, 0.15) is 49.2 Å². The molecule has 20 heavy (non-hydrogen) atoms. The lowest BCUT2D eigenvalue weighted by Gasteiger charge is -2.12. The first-order valence-corrected chi connectivity index (χ1v) is 7.06. The molecule has 1 aromatic carbocycles. The van der Waals surface area contributed by atoms with E-state index in [-0.39, 0.29) is 17.6 Å². The van der Waals surface area contributed by atoms with E-state index in [0.29, 0.717) is 23.3 Å². The fourth-order valence-corrected chi connectivity index (χ4v) is 2.25. The van der Waals surface area contributed by atoms with E-state index < -0.39 is 0 Å². The highest BCUT2D eigenvalue weighted by atomic mass is 19.1. The lowest BCUT2D eigenvalue weighted by atomic mass is 9.97. The third-order valence-electron chi connectivity index (χ3n) is 3.96. The molecule has 0 saturated heterocycles. The van der Waals surface area contributed by atoms with Gasteiger partial charge in [-0.1, -0.05) is 26.0 Å². The van der Waals surface area contributed by atoms with Gasteiger partial charge in [-0.3, -0.25) is 4.79 Å². The number of fused-ring (bicyclic) bond motifs is 1. The summed E-state index contributed by atoms with van der Waals surface area (Å²) in [5.41, 5.74) is 1.56. The van der Waals surface area contributed by atoms with E-state index in [9.17, 15) is 9.18 Å². The normalized spacial score (nSPS) is 12.7.